The van der Waals surface area contributed by atoms with Crippen LogP contribution < -0.4 is 5.32 Å². The second-order valence-electron chi connectivity index (χ2n) is 6.36. The Morgan fingerprint density at radius 2 is 1.62 bits per heavy atom. The van der Waals surface area contributed by atoms with E-state index in [1.165, 1.54) is 5.56 Å². The molecule has 2 rings (SSSR count). The van der Waals surface area contributed by atoms with Crippen molar-refractivity contribution in [2.75, 3.05) is 6.54 Å². The van der Waals surface area contributed by atoms with Gasteiger partial charge < -0.3 is 5.32 Å². The van der Waals surface area contributed by atoms with E-state index in [0.717, 1.165) is 42.2 Å². The highest BCUT2D eigenvalue weighted by atomic mass is 32.1. The van der Waals surface area contributed by atoms with E-state index in [0.29, 0.717) is 0 Å². The van der Waals surface area contributed by atoms with Crippen molar-refractivity contribution in [1.82, 2.24) is 15.5 Å². The number of aromatic nitrogens is 2. The smallest absolute Gasteiger partial charge is 0.118 e. The van der Waals surface area contributed by atoms with Crippen LogP contribution in [0.4, 0.5) is 0 Å². The van der Waals surface area contributed by atoms with Crippen LogP contribution in [0.3, 0.4) is 0 Å². The summed E-state index contributed by atoms with van der Waals surface area (Å²) in [6, 6.07) is 10.6. The predicted molar refractivity (Wildman–Crippen MR) is 89.8 cm³/mol. The van der Waals surface area contributed by atoms with Crippen LogP contribution in [-0.2, 0) is 19.3 Å². The van der Waals surface area contributed by atoms with Crippen molar-refractivity contribution in [2.24, 2.45) is 0 Å². The summed E-state index contributed by atoms with van der Waals surface area (Å²) in [6.45, 7) is 7.51. The Kier molecular flexibility index (Phi) is 5.88. The standard InChI is InChI=1S/C17H25N3S/c1-17(2,3)18-13-12-16-20-19-15(21-16)11-7-10-14-8-5-4-6-9-14/h4-6,8-9,18H,7,10-13H2,1-3H3. The maximum absolute atomic E-state index is 4.30. The summed E-state index contributed by atoms with van der Waals surface area (Å²) < 4.78 is 0. The molecule has 1 aromatic heterocycles. The lowest BCUT2D eigenvalue weighted by Crippen LogP contribution is -2.37. The highest BCUT2D eigenvalue weighted by Crippen LogP contribution is 2.14. The van der Waals surface area contributed by atoms with Gasteiger partial charge >= 0.3 is 0 Å². The van der Waals surface area contributed by atoms with E-state index in [1.54, 1.807) is 11.3 Å². The van der Waals surface area contributed by atoms with Crippen molar-refractivity contribution in [3.63, 3.8) is 0 Å². The van der Waals surface area contributed by atoms with E-state index in [-0.39, 0.29) is 5.54 Å². The molecule has 114 valence electrons. The van der Waals surface area contributed by atoms with Gasteiger partial charge in [-0.3, -0.25) is 0 Å². The largest absolute Gasteiger partial charge is 0.312 e. The first-order valence-corrected chi connectivity index (χ1v) is 8.45. The van der Waals surface area contributed by atoms with Crippen LogP contribution >= 0.6 is 11.3 Å². The molecule has 0 aliphatic carbocycles. The second-order valence-corrected chi connectivity index (χ2v) is 7.50. The number of rotatable bonds is 7. The minimum absolute atomic E-state index is 0.170. The van der Waals surface area contributed by atoms with Crippen molar-refractivity contribution in [2.45, 2.75) is 52.0 Å². The fraction of sp³-hybridized carbons (Fsp3) is 0.529. The van der Waals surface area contributed by atoms with Gasteiger partial charge in [0.2, 0.25) is 0 Å². The quantitative estimate of drug-likeness (QED) is 0.848. The maximum atomic E-state index is 4.30. The van der Waals surface area contributed by atoms with Gasteiger partial charge in [0.25, 0.3) is 0 Å². The molecule has 3 nitrogen and oxygen atoms in total. The van der Waals surface area contributed by atoms with Crippen molar-refractivity contribution >= 4 is 11.3 Å². The van der Waals surface area contributed by atoms with E-state index in [2.05, 4.69) is 66.6 Å². The predicted octanol–water partition coefficient (Wildman–Crippen LogP) is 3.64. The zero-order chi connectivity index (χ0) is 15.1. The van der Waals surface area contributed by atoms with Gasteiger partial charge in [-0.1, -0.05) is 30.3 Å². The summed E-state index contributed by atoms with van der Waals surface area (Å²) in [6.07, 6.45) is 4.24. The van der Waals surface area contributed by atoms with E-state index >= 15 is 0 Å². The molecule has 0 amide bonds. The Hall–Kier alpha value is -1.26. The monoisotopic (exact) mass is 303 g/mol. The number of nitrogens with one attached hydrogen (secondary N) is 1. The number of benzene rings is 1. The molecule has 0 unspecified atom stereocenters. The van der Waals surface area contributed by atoms with Crippen LogP contribution in [0, 0.1) is 0 Å². The second kappa shape index (κ2) is 7.66. The first kappa shape index (κ1) is 16.1. The van der Waals surface area contributed by atoms with E-state index in [1.807, 2.05) is 0 Å². The van der Waals surface area contributed by atoms with Crippen molar-refractivity contribution in [3.8, 4) is 0 Å². The zero-order valence-electron chi connectivity index (χ0n) is 13.2. The van der Waals surface area contributed by atoms with Crippen LogP contribution in [-0.4, -0.2) is 22.3 Å². The maximum Gasteiger partial charge on any atom is 0.118 e. The van der Waals surface area contributed by atoms with Crippen LogP contribution in [0.2, 0.25) is 0 Å². The molecule has 0 fully saturated rings. The molecule has 21 heavy (non-hydrogen) atoms. The molecular formula is C17H25N3S. The Morgan fingerprint density at radius 3 is 2.29 bits per heavy atom. The number of hydrogen-bond acceptors (Lipinski definition) is 4. The van der Waals surface area contributed by atoms with E-state index in [9.17, 15) is 0 Å². The molecule has 0 spiro atoms. The fourth-order valence-corrected chi connectivity index (χ4v) is 3.01. The molecule has 0 aliphatic rings. The van der Waals surface area contributed by atoms with Crippen LogP contribution in [0.25, 0.3) is 0 Å². The van der Waals surface area contributed by atoms with Gasteiger partial charge in [-0.25, -0.2) is 0 Å². The molecule has 2 aromatic rings. The van der Waals surface area contributed by atoms with Crippen LogP contribution in [0.1, 0.15) is 42.8 Å². The average Bonchev–Trinajstić information content (AvgIpc) is 2.86. The van der Waals surface area contributed by atoms with Crippen molar-refractivity contribution in [3.05, 3.63) is 45.9 Å². The first-order valence-electron chi connectivity index (χ1n) is 7.63. The summed E-state index contributed by atoms with van der Waals surface area (Å²) in [4.78, 5) is 0. The average molecular weight is 303 g/mol. The van der Waals surface area contributed by atoms with Crippen LogP contribution in [0.15, 0.2) is 30.3 Å². The van der Waals surface area contributed by atoms with Gasteiger partial charge in [0.15, 0.2) is 0 Å². The lowest BCUT2D eigenvalue weighted by Gasteiger charge is -2.19. The molecule has 0 saturated heterocycles. The Morgan fingerprint density at radius 1 is 0.952 bits per heavy atom. The third-order valence-electron chi connectivity index (χ3n) is 3.20. The van der Waals surface area contributed by atoms with Crippen molar-refractivity contribution in [1.29, 1.82) is 0 Å². The highest BCUT2D eigenvalue weighted by Gasteiger charge is 2.09. The lowest BCUT2D eigenvalue weighted by molar-refractivity contribution is 0.429. The number of hydrogen-bond donors (Lipinski definition) is 1. The Balaban J connectivity index is 1.70. The van der Waals surface area contributed by atoms with Crippen LogP contribution in [0.5, 0.6) is 0 Å². The Labute approximate surface area is 131 Å². The third kappa shape index (κ3) is 6.36. The fourth-order valence-electron chi connectivity index (χ4n) is 2.12. The van der Waals surface area contributed by atoms with Gasteiger partial charge in [0.1, 0.15) is 10.0 Å². The van der Waals surface area contributed by atoms with Gasteiger partial charge in [-0.05, 0) is 39.2 Å². The molecule has 1 heterocycles. The van der Waals surface area contributed by atoms with Gasteiger partial charge in [-0.15, -0.1) is 21.5 Å². The molecule has 1 N–H and O–H groups in total. The summed E-state index contributed by atoms with van der Waals surface area (Å²) in [7, 11) is 0. The normalized spacial score (nSPS) is 11.8. The molecular weight excluding hydrogens is 278 g/mol. The minimum Gasteiger partial charge on any atom is -0.312 e. The molecule has 4 heteroatoms. The Bertz CT molecular complexity index is 528. The lowest BCUT2D eigenvalue weighted by atomic mass is 10.1. The molecule has 0 saturated carbocycles. The molecule has 0 aliphatic heterocycles. The minimum atomic E-state index is 0.170. The molecule has 0 bridgehead atoms. The first-order chi connectivity index (χ1) is 10.0. The third-order valence-corrected chi connectivity index (χ3v) is 4.24. The van der Waals surface area contributed by atoms with E-state index < -0.39 is 0 Å². The SMILES string of the molecule is CC(C)(C)NCCc1nnc(CCCc2ccccc2)s1. The molecule has 1 aromatic carbocycles. The van der Waals surface area contributed by atoms with Gasteiger partial charge in [0.05, 0.1) is 0 Å². The summed E-state index contributed by atoms with van der Waals surface area (Å²) in [5, 5.41) is 14.4. The van der Waals surface area contributed by atoms with Gasteiger partial charge in [0, 0.05) is 24.9 Å². The number of nitrogens with zero attached hydrogens (tertiary/aromatic N) is 2. The highest BCUT2D eigenvalue weighted by molar-refractivity contribution is 7.11. The van der Waals surface area contributed by atoms with Gasteiger partial charge in [-0.2, -0.15) is 0 Å². The van der Waals surface area contributed by atoms with Crippen molar-refractivity contribution < 1.29 is 0 Å². The summed E-state index contributed by atoms with van der Waals surface area (Å²) in [5.41, 5.74) is 1.57. The molecule has 0 atom stereocenters. The number of aryl methyl sites for hydroxylation is 2. The summed E-state index contributed by atoms with van der Waals surface area (Å²) in [5.74, 6) is 0. The zero-order valence-corrected chi connectivity index (χ0v) is 14.0. The summed E-state index contributed by atoms with van der Waals surface area (Å²) >= 11 is 1.76. The topological polar surface area (TPSA) is 37.8 Å². The molecule has 0 radical (unpaired) electrons. The van der Waals surface area contributed by atoms with E-state index in [4.69, 9.17) is 0 Å².